The summed E-state index contributed by atoms with van der Waals surface area (Å²) < 4.78 is 12.9. The van der Waals surface area contributed by atoms with Crippen molar-refractivity contribution in [3.8, 4) is 45.3 Å². The predicted molar refractivity (Wildman–Crippen MR) is 194 cm³/mol. The van der Waals surface area contributed by atoms with Crippen LogP contribution in [0.4, 0.5) is 0 Å². The van der Waals surface area contributed by atoms with Crippen molar-refractivity contribution >= 4 is 54.6 Å². The van der Waals surface area contributed by atoms with Crippen molar-refractivity contribution in [3.63, 3.8) is 0 Å². The van der Waals surface area contributed by atoms with Crippen LogP contribution in [0.15, 0.2) is 160 Å². The first-order chi connectivity index (χ1) is 23.7. The highest BCUT2D eigenvalue weighted by atomic mass is 16.3. The highest BCUT2D eigenvalue weighted by molar-refractivity contribution is 6.16. The molecule has 0 saturated carbocycles. The van der Waals surface area contributed by atoms with Gasteiger partial charge in [-0.25, -0.2) is 15.0 Å². The Morgan fingerprint density at radius 3 is 1.65 bits per heavy atom. The number of aromatic nitrogens is 3. The summed E-state index contributed by atoms with van der Waals surface area (Å²) in [5.41, 5.74) is 7.99. The van der Waals surface area contributed by atoms with Crippen molar-refractivity contribution in [2.45, 2.75) is 0 Å². The summed E-state index contributed by atoms with van der Waals surface area (Å²) >= 11 is 0. The van der Waals surface area contributed by atoms with Gasteiger partial charge in [0.05, 0.1) is 0 Å². The van der Waals surface area contributed by atoms with Gasteiger partial charge in [0.25, 0.3) is 0 Å². The summed E-state index contributed by atoms with van der Waals surface area (Å²) in [4.78, 5) is 15.2. The summed E-state index contributed by atoms with van der Waals surface area (Å²) in [6, 6.07) is 51.6. The molecule has 3 aromatic heterocycles. The van der Waals surface area contributed by atoms with Crippen LogP contribution < -0.4 is 0 Å². The first kappa shape index (κ1) is 26.6. The average molecular weight is 616 g/mol. The highest BCUT2D eigenvalue weighted by Gasteiger charge is 2.21. The second-order valence-electron chi connectivity index (χ2n) is 12.0. The van der Waals surface area contributed by atoms with Crippen LogP contribution in [0.1, 0.15) is 0 Å². The Hall–Kier alpha value is -6.59. The molecule has 0 aliphatic heterocycles. The van der Waals surface area contributed by atoms with E-state index in [1.165, 1.54) is 0 Å². The van der Waals surface area contributed by atoms with Crippen molar-refractivity contribution in [3.05, 3.63) is 152 Å². The van der Waals surface area contributed by atoms with Gasteiger partial charge in [-0.05, 0) is 64.4 Å². The molecule has 0 fully saturated rings. The fourth-order valence-electron chi connectivity index (χ4n) is 6.77. The van der Waals surface area contributed by atoms with Gasteiger partial charge in [0.1, 0.15) is 22.3 Å². The Kier molecular flexibility index (Phi) is 5.81. The van der Waals surface area contributed by atoms with E-state index in [0.29, 0.717) is 17.5 Å². The smallest absolute Gasteiger partial charge is 0.164 e. The van der Waals surface area contributed by atoms with Crippen molar-refractivity contribution in [1.82, 2.24) is 15.0 Å². The lowest BCUT2D eigenvalue weighted by Crippen LogP contribution is -2.00. The molecular formula is C43H25N3O2. The standard InChI is InChI=1S/C43H25N3O2/c1-3-11-26(12-4-1)41-44-42(27-13-5-2-6-14-27)46-43(45-41)35-22-31(30-19-20-33-32-17-9-10-18-36(32)47-37(33)24-30)25-39-40(35)34-21-28-15-7-8-16-29(28)23-38(34)48-39/h1-25H. The molecule has 0 amide bonds. The number of fused-ring (bicyclic) bond motifs is 7. The van der Waals surface area contributed by atoms with Crippen LogP contribution in [-0.2, 0) is 0 Å². The Bertz CT molecular complexity index is 2780. The molecule has 5 nitrogen and oxygen atoms in total. The minimum absolute atomic E-state index is 0.579. The summed E-state index contributed by atoms with van der Waals surface area (Å²) in [5, 5.41) is 6.44. The van der Waals surface area contributed by atoms with Crippen molar-refractivity contribution in [2.24, 2.45) is 0 Å². The Morgan fingerprint density at radius 1 is 0.333 bits per heavy atom. The molecule has 0 unspecified atom stereocenters. The molecule has 0 radical (unpaired) electrons. The molecule has 48 heavy (non-hydrogen) atoms. The lowest BCUT2D eigenvalue weighted by molar-refractivity contribution is 0.668. The zero-order valence-corrected chi connectivity index (χ0v) is 25.6. The molecule has 10 rings (SSSR count). The number of hydrogen-bond acceptors (Lipinski definition) is 5. The maximum absolute atomic E-state index is 6.66. The molecule has 0 atom stereocenters. The highest BCUT2D eigenvalue weighted by Crippen LogP contribution is 2.42. The van der Waals surface area contributed by atoms with E-state index >= 15 is 0 Å². The number of furan rings is 2. The van der Waals surface area contributed by atoms with Crippen molar-refractivity contribution in [2.75, 3.05) is 0 Å². The topological polar surface area (TPSA) is 65.0 Å². The van der Waals surface area contributed by atoms with Crippen LogP contribution in [0.25, 0.3) is 99.9 Å². The van der Waals surface area contributed by atoms with Gasteiger partial charge in [-0.15, -0.1) is 0 Å². The molecule has 0 aliphatic carbocycles. The Balaban J connectivity index is 1.28. The van der Waals surface area contributed by atoms with Crippen LogP contribution in [0.2, 0.25) is 0 Å². The maximum Gasteiger partial charge on any atom is 0.164 e. The van der Waals surface area contributed by atoms with Gasteiger partial charge in [0.2, 0.25) is 0 Å². The number of rotatable bonds is 4. The van der Waals surface area contributed by atoms with E-state index in [1.807, 2.05) is 78.9 Å². The van der Waals surface area contributed by atoms with Crippen LogP contribution in [0.3, 0.4) is 0 Å². The molecule has 224 valence electrons. The largest absolute Gasteiger partial charge is 0.456 e. The van der Waals surface area contributed by atoms with E-state index in [-0.39, 0.29) is 0 Å². The van der Waals surface area contributed by atoms with Gasteiger partial charge in [0.15, 0.2) is 17.5 Å². The second-order valence-corrected chi connectivity index (χ2v) is 12.0. The fraction of sp³-hybridized carbons (Fsp3) is 0. The van der Waals surface area contributed by atoms with Crippen molar-refractivity contribution in [1.29, 1.82) is 0 Å². The third-order valence-electron chi connectivity index (χ3n) is 9.09. The molecule has 0 N–H and O–H groups in total. The van der Waals surface area contributed by atoms with Crippen LogP contribution >= 0.6 is 0 Å². The lowest BCUT2D eigenvalue weighted by Gasteiger charge is -2.11. The van der Waals surface area contributed by atoms with Gasteiger partial charge in [-0.1, -0.05) is 109 Å². The predicted octanol–water partition coefficient (Wildman–Crippen LogP) is 11.5. The van der Waals surface area contributed by atoms with E-state index in [4.69, 9.17) is 23.8 Å². The first-order valence-corrected chi connectivity index (χ1v) is 15.9. The van der Waals surface area contributed by atoms with Crippen LogP contribution in [0, 0.1) is 0 Å². The number of para-hydroxylation sites is 1. The Morgan fingerprint density at radius 2 is 0.896 bits per heavy atom. The van der Waals surface area contributed by atoms with Crippen molar-refractivity contribution < 1.29 is 8.83 Å². The summed E-state index contributed by atoms with van der Waals surface area (Å²) in [5.74, 6) is 1.80. The van der Waals surface area contributed by atoms with Gasteiger partial charge < -0.3 is 8.83 Å². The quantitative estimate of drug-likeness (QED) is 0.197. The third-order valence-corrected chi connectivity index (χ3v) is 9.09. The van der Waals surface area contributed by atoms with Gasteiger partial charge in [-0.3, -0.25) is 0 Å². The minimum Gasteiger partial charge on any atom is -0.456 e. The molecular weight excluding hydrogens is 590 g/mol. The van der Waals surface area contributed by atoms with E-state index in [0.717, 1.165) is 82.5 Å². The summed E-state index contributed by atoms with van der Waals surface area (Å²) in [6.45, 7) is 0. The first-order valence-electron chi connectivity index (χ1n) is 15.9. The van der Waals surface area contributed by atoms with E-state index in [2.05, 4.69) is 72.8 Å². The normalized spacial score (nSPS) is 11.8. The van der Waals surface area contributed by atoms with Gasteiger partial charge >= 0.3 is 0 Å². The van der Waals surface area contributed by atoms with Crippen LogP contribution in [0.5, 0.6) is 0 Å². The van der Waals surface area contributed by atoms with Crippen LogP contribution in [-0.4, -0.2) is 15.0 Å². The molecule has 3 heterocycles. The lowest BCUT2D eigenvalue weighted by atomic mass is 9.96. The summed E-state index contributed by atoms with van der Waals surface area (Å²) in [6.07, 6.45) is 0. The fourth-order valence-corrected chi connectivity index (χ4v) is 6.77. The van der Waals surface area contributed by atoms with Gasteiger partial charge in [0, 0.05) is 38.2 Å². The molecule has 0 bridgehead atoms. The van der Waals surface area contributed by atoms with E-state index in [1.54, 1.807) is 0 Å². The molecule has 5 heteroatoms. The van der Waals surface area contributed by atoms with E-state index in [9.17, 15) is 0 Å². The zero-order chi connectivity index (χ0) is 31.6. The number of hydrogen-bond donors (Lipinski definition) is 0. The molecule has 7 aromatic carbocycles. The molecule has 0 aliphatic rings. The minimum atomic E-state index is 0.579. The molecule has 0 spiro atoms. The van der Waals surface area contributed by atoms with Gasteiger partial charge in [-0.2, -0.15) is 0 Å². The SMILES string of the molecule is c1ccc(-c2nc(-c3ccccc3)nc(-c3cc(-c4ccc5c(c4)oc4ccccc45)cc4oc5cc6ccccc6cc5c34)n2)cc1. The Labute approximate surface area is 274 Å². The second kappa shape index (κ2) is 10.5. The summed E-state index contributed by atoms with van der Waals surface area (Å²) in [7, 11) is 0. The molecule has 10 aromatic rings. The maximum atomic E-state index is 6.66. The number of nitrogens with zero attached hydrogens (tertiary/aromatic N) is 3. The number of benzene rings is 7. The average Bonchev–Trinajstić information content (AvgIpc) is 3.71. The monoisotopic (exact) mass is 615 g/mol. The third kappa shape index (κ3) is 4.29. The zero-order valence-electron chi connectivity index (χ0n) is 25.6. The van der Waals surface area contributed by atoms with E-state index < -0.39 is 0 Å². The molecule has 0 saturated heterocycles.